The van der Waals surface area contributed by atoms with Gasteiger partial charge in [-0.25, -0.2) is 8.42 Å². The summed E-state index contributed by atoms with van der Waals surface area (Å²) in [5.41, 5.74) is 6.06. The Balaban J connectivity index is 0.00000288. The van der Waals surface area contributed by atoms with Crippen molar-refractivity contribution in [3.05, 3.63) is 24.3 Å². The highest BCUT2D eigenvalue weighted by Gasteiger charge is 2.31. The molecular formula is C13H17F3IN3O3S. The summed E-state index contributed by atoms with van der Waals surface area (Å²) in [7, 11) is -3.09. The van der Waals surface area contributed by atoms with Crippen molar-refractivity contribution < 1.29 is 26.3 Å². The average molecular weight is 479 g/mol. The molecule has 136 valence electrons. The van der Waals surface area contributed by atoms with Gasteiger partial charge in [-0.2, -0.15) is 0 Å². The molecule has 0 amide bonds. The van der Waals surface area contributed by atoms with E-state index in [0.717, 1.165) is 12.1 Å². The number of benzene rings is 1. The van der Waals surface area contributed by atoms with E-state index >= 15 is 0 Å². The van der Waals surface area contributed by atoms with Crippen LogP contribution in [-0.4, -0.2) is 38.3 Å². The van der Waals surface area contributed by atoms with Crippen LogP contribution in [0.15, 0.2) is 29.3 Å². The third-order valence-corrected chi connectivity index (χ3v) is 5.55. The Hall–Kier alpha value is -1.24. The molecule has 1 aromatic carbocycles. The number of guanidine groups is 1. The highest BCUT2D eigenvalue weighted by molar-refractivity contribution is 14.0. The summed E-state index contributed by atoms with van der Waals surface area (Å²) in [5, 5.41) is 2.16. The van der Waals surface area contributed by atoms with Crippen LogP contribution in [0.3, 0.4) is 0 Å². The SMILES string of the molecule is I.NC(=NCC1CCCS1(=O)=O)Nc1ccc(OC(F)(F)F)cc1. The molecule has 1 aliphatic rings. The molecule has 0 aliphatic carbocycles. The molecule has 1 aliphatic heterocycles. The fraction of sp³-hybridized carbons (Fsp3) is 0.462. The van der Waals surface area contributed by atoms with Gasteiger partial charge in [-0.3, -0.25) is 4.99 Å². The Labute approximate surface area is 154 Å². The van der Waals surface area contributed by atoms with E-state index in [1.165, 1.54) is 12.1 Å². The number of hydrogen-bond donors (Lipinski definition) is 2. The summed E-state index contributed by atoms with van der Waals surface area (Å²) in [5.74, 6) is -0.187. The first-order valence-corrected chi connectivity index (χ1v) is 8.51. The van der Waals surface area contributed by atoms with E-state index in [9.17, 15) is 21.6 Å². The number of alkyl halides is 3. The van der Waals surface area contributed by atoms with Gasteiger partial charge in [0.05, 0.1) is 17.5 Å². The minimum atomic E-state index is -4.75. The highest BCUT2D eigenvalue weighted by Crippen LogP contribution is 2.24. The second-order valence-electron chi connectivity index (χ2n) is 5.05. The largest absolute Gasteiger partial charge is 0.573 e. The molecule has 24 heavy (non-hydrogen) atoms. The molecule has 1 fully saturated rings. The van der Waals surface area contributed by atoms with Crippen LogP contribution in [0.25, 0.3) is 0 Å². The quantitative estimate of drug-likeness (QED) is 0.394. The fourth-order valence-electron chi connectivity index (χ4n) is 2.19. The Morgan fingerprint density at radius 1 is 1.33 bits per heavy atom. The lowest BCUT2D eigenvalue weighted by Crippen LogP contribution is -2.26. The predicted octanol–water partition coefficient (Wildman–Crippen LogP) is 2.51. The number of rotatable bonds is 4. The topological polar surface area (TPSA) is 93.8 Å². The maximum Gasteiger partial charge on any atom is 0.573 e. The van der Waals surface area contributed by atoms with Gasteiger partial charge in [-0.05, 0) is 37.1 Å². The maximum atomic E-state index is 12.0. The summed E-state index contributed by atoms with van der Waals surface area (Å²) in [6.45, 7) is 0.0659. The van der Waals surface area contributed by atoms with E-state index in [1.54, 1.807) is 0 Å². The third kappa shape index (κ3) is 6.34. The Morgan fingerprint density at radius 3 is 2.46 bits per heavy atom. The summed E-state index contributed by atoms with van der Waals surface area (Å²) in [4.78, 5) is 3.97. The number of nitrogens with one attached hydrogen (secondary N) is 1. The zero-order valence-electron chi connectivity index (χ0n) is 12.4. The predicted molar refractivity (Wildman–Crippen MR) is 95.5 cm³/mol. The smallest absolute Gasteiger partial charge is 0.406 e. The van der Waals surface area contributed by atoms with Gasteiger partial charge in [0, 0.05) is 5.69 Å². The van der Waals surface area contributed by atoms with Crippen LogP contribution in [0, 0.1) is 0 Å². The highest BCUT2D eigenvalue weighted by atomic mass is 127. The van der Waals surface area contributed by atoms with Crippen molar-refractivity contribution in [1.82, 2.24) is 0 Å². The second-order valence-corrected chi connectivity index (χ2v) is 7.45. The number of anilines is 1. The molecule has 0 saturated carbocycles. The van der Waals surface area contributed by atoms with Crippen molar-refractivity contribution in [2.45, 2.75) is 24.5 Å². The molecule has 0 bridgehead atoms. The van der Waals surface area contributed by atoms with E-state index in [-0.39, 0.29) is 48.0 Å². The van der Waals surface area contributed by atoms with Gasteiger partial charge in [-0.15, -0.1) is 37.1 Å². The number of sulfone groups is 1. The number of nitrogens with zero attached hydrogens (tertiary/aromatic N) is 1. The van der Waals surface area contributed by atoms with Gasteiger partial charge in [0.2, 0.25) is 0 Å². The van der Waals surface area contributed by atoms with Crippen LogP contribution in [0.4, 0.5) is 18.9 Å². The molecule has 0 aromatic heterocycles. The van der Waals surface area contributed by atoms with E-state index in [0.29, 0.717) is 18.5 Å². The molecule has 1 heterocycles. The fourth-order valence-corrected chi connectivity index (χ4v) is 3.92. The van der Waals surface area contributed by atoms with Gasteiger partial charge >= 0.3 is 6.36 Å². The van der Waals surface area contributed by atoms with Crippen molar-refractivity contribution in [1.29, 1.82) is 0 Å². The first-order valence-electron chi connectivity index (χ1n) is 6.80. The summed E-state index contributed by atoms with van der Waals surface area (Å²) >= 11 is 0. The number of hydrogen-bond acceptors (Lipinski definition) is 4. The first kappa shape index (κ1) is 20.8. The monoisotopic (exact) mass is 479 g/mol. The van der Waals surface area contributed by atoms with Crippen molar-refractivity contribution in [2.75, 3.05) is 17.6 Å². The van der Waals surface area contributed by atoms with E-state index < -0.39 is 21.4 Å². The average Bonchev–Trinajstić information content (AvgIpc) is 2.76. The maximum absolute atomic E-state index is 12.0. The molecule has 2 rings (SSSR count). The second kappa shape index (κ2) is 8.23. The molecule has 1 saturated heterocycles. The van der Waals surface area contributed by atoms with Crippen molar-refractivity contribution >= 4 is 45.5 Å². The van der Waals surface area contributed by atoms with E-state index in [1.807, 2.05) is 0 Å². The number of halogens is 4. The van der Waals surface area contributed by atoms with E-state index in [4.69, 9.17) is 5.73 Å². The Bertz CT molecular complexity index is 678. The number of ether oxygens (including phenoxy) is 1. The summed E-state index contributed by atoms with van der Waals surface area (Å²) in [6.07, 6.45) is -3.57. The molecular weight excluding hydrogens is 462 g/mol. The summed E-state index contributed by atoms with van der Waals surface area (Å²) in [6, 6.07) is 4.95. The Morgan fingerprint density at radius 2 is 1.96 bits per heavy atom. The zero-order valence-corrected chi connectivity index (χ0v) is 15.6. The van der Waals surface area contributed by atoms with Gasteiger partial charge < -0.3 is 15.8 Å². The standard InChI is InChI=1S/C13H16F3N3O3S.HI/c14-13(15,16)22-10-5-3-9(4-6-10)19-12(17)18-8-11-2-1-7-23(11,20)21;/h3-6,11H,1-2,7-8H2,(H3,17,18,19);1H. The van der Waals surface area contributed by atoms with Crippen LogP contribution in [0.2, 0.25) is 0 Å². The van der Waals surface area contributed by atoms with Crippen molar-refractivity contribution in [2.24, 2.45) is 10.7 Å². The molecule has 11 heteroatoms. The molecule has 0 radical (unpaired) electrons. The van der Waals surface area contributed by atoms with Gasteiger partial charge in [0.25, 0.3) is 0 Å². The summed E-state index contributed by atoms with van der Waals surface area (Å²) < 4.78 is 63.2. The first-order chi connectivity index (χ1) is 10.7. The zero-order chi connectivity index (χ0) is 17.1. The van der Waals surface area contributed by atoms with Crippen molar-refractivity contribution in [3.63, 3.8) is 0 Å². The molecule has 3 N–H and O–H groups in total. The van der Waals surface area contributed by atoms with Crippen LogP contribution in [0.1, 0.15) is 12.8 Å². The van der Waals surface area contributed by atoms with Gasteiger partial charge in [0.1, 0.15) is 5.75 Å². The van der Waals surface area contributed by atoms with Gasteiger partial charge in [0.15, 0.2) is 15.8 Å². The minimum Gasteiger partial charge on any atom is -0.406 e. The lowest BCUT2D eigenvalue weighted by Gasteiger charge is -2.11. The lowest BCUT2D eigenvalue weighted by atomic mass is 10.2. The molecule has 0 spiro atoms. The molecule has 1 unspecified atom stereocenters. The molecule has 6 nitrogen and oxygen atoms in total. The van der Waals surface area contributed by atoms with Crippen LogP contribution in [0.5, 0.6) is 5.75 Å². The van der Waals surface area contributed by atoms with Crippen LogP contribution >= 0.6 is 24.0 Å². The van der Waals surface area contributed by atoms with Crippen molar-refractivity contribution in [3.8, 4) is 5.75 Å². The molecule has 1 atom stereocenters. The Kier molecular flexibility index (Phi) is 7.13. The van der Waals surface area contributed by atoms with Crippen LogP contribution in [-0.2, 0) is 9.84 Å². The van der Waals surface area contributed by atoms with E-state index in [2.05, 4.69) is 15.0 Å². The number of aliphatic imine (C=N–C) groups is 1. The molecule has 1 aromatic rings. The third-order valence-electron chi connectivity index (χ3n) is 3.29. The van der Waals surface area contributed by atoms with Crippen LogP contribution < -0.4 is 15.8 Å². The normalized spacial score (nSPS) is 20.3. The number of nitrogens with two attached hydrogens (primary N) is 1. The lowest BCUT2D eigenvalue weighted by molar-refractivity contribution is -0.274. The minimum absolute atomic E-state index is 0. The van der Waals surface area contributed by atoms with Gasteiger partial charge in [-0.1, -0.05) is 0 Å².